The fourth-order valence-electron chi connectivity index (χ4n) is 9.95. The Morgan fingerprint density at radius 3 is 2.21 bits per heavy atom. The number of allylic oxidation sites excluding steroid dienone is 12. The van der Waals surface area contributed by atoms with E-state index < -0.39 is 11.7 Å². The Hall–Kier alpha value is -4.74. The van der Waals surface area contributed by atoms with E-state index >= 15 is 0 Å². The number of carbonyl (C=O) groups excluding carboxylic acids is 2. The molecule has 5 aliphatic heterocycles. The van der Waals surface area contributed by atoms with Gasteiger partial charge in [-0.15, -0.1) is 6.26 Å². The summed E-state index contributed by atoms with van der Waals surface area (Å²) in [7, 11) is 1.26. The van der Waals surface area contributed by atoms with E-state index in [0.717, 1.165) is 53.4 Å². The number of ether oxygens (including phenoxy) is 2. The molecule has 1 fully saturated rings. The van der Waals surface area contributed by atoms with Gasteiger partial charge in [0.25, 0.3) is 0 Å². The van der Waals surface area contributed by atoms with Gasteiger partial charge in [-0.25, -0.2) is 19.8 Å². The van der Waals surface area contributed by atoms with E-state index in [1.54, 1.807) is 12.2 Å². The van der Waals surface area contributed by atoms with Gasteiger partial charge in [-0.3, -0.25) is 4.79 Å². The minimum Gasteiger partial charge on any atom is -0.877 e. The minimum atomic E-state index is -0.760. The third-order valence-corrected chi connectivity index (χ3v) is 14.0. The standard InChI is InChI=1S/C55H72N4O6.Mg/c1-12-38-35(8)42-27-43-36(9)40(23-24-48(61)65-26-25-34(7)22-16-21-33(6)20-15-19-32(5)18-14-17-31(3)4)52(58-43)50-51(55(63)64-11)54(62)49-37(10)44(59-53(49)50)28-46-39(13-2)41(30-60)47(57-46)29-45(38)56-42;/h12,25,27-33,36,40,58,60,62H,1,13-24,26H2,2-11H3;/q;+2/p-2/b34-25+,41-30?,43-27?,44-28?,45-29?,52-50?;/t32-,33-,36+,40+;/m1./s1. The average molecular weight is 907 g/mol. The second-order valence-electron chi connectivity index (χ2n) is 19.2. The Morgan fingerprint density at radius 2 is 1.58 bits per heavy atom. The number of hydrogen-bond donors (Lipinski definition) is 1. The summed E-state index contributed by atoms with van der Waals surface area (Å²) in [6.45, 7) is 23.6. The monoisotopic (exact) mass is 907 g/mol. The van der Waals surface area contributed by atoms with E-state index in [1.807, 2.05) is 39.0 Å². The number of esters is 2. The molecule has 1 saturated heterocycles. The molecule has 0 amide bonds. The van der Waals surface area contributed by atoms with E-state index in [1.165, 1.54) is 57.6 Å². The molecule has 10 nitrogen and oxygen atoms in total. The molecule has 348 valence electrons. The van der Waals surface area contributed by atoms with Gasteiger partial charge in [0, 0.05) is 40.8 Å². The number of methoxy groups -OCH3 is 1. The summed E-state index contributed by atoms with van der Waals surface area (Å²) < 4.78 is 11.0. The smallest absolute Gasteiger partial charge is 0.877 e. The maximum atomic E-state index is 14.3. The van der Waals surface area contributed by atoms with Crippen LogP contribution in [-0.2, 0) is 19.1 Å². The van der Waals surface area contributed by atoms with Gasteiger partial charge in [-0.05, 0) is 116 Å². The Labute approximate surface area is 409 Å². The first kappa shape index (κ1) is 52.2. The molecule has 8 bridgehead atoms. The van der Waals surface area contributed by atoms with Crippen LogP contribution < -0.4 is 15.5 Å². The van der Waals surface area contributed by atoms with Crippen LogP contribution in [0.3, 0.4) is 0 Å². The molecule has 0 aromatic heterocycles. The number of rotatable bonds is 20. The summed E-state index contributed by atoms with van der Waals surface area (Å²) in [4.78, 5) is 41.9. The summed E-state index contributed by atoms with van der Waals surface area (Å²) in [5, 5.41) is 30.5. The Kier molecular flexibility index (Phi) is 18.5. The van der Waals surface area contributed by atoms with Gasteiger partial charge >= 0.3 is 35.0 Å². The van der Waals surface area contributed by atoms with Crippen molar-refractivity contribution in [3.05, 3.63) is 128 Å². The zero-order valence-electron chi connectivity index (χ0n) is 41.2. The predicted molar refractivity (Wildman–Crippen MR) is 264 cm³/mol. The SMILES string of the molecule is C=CC1=C(C)C2=NC1=CC1=NC(=C(CC)C1=C[O-])C=C1N=C3C(=C1C)C([O-])=C(C(=O)OC)C3=C1NC(=C2)[C@@H](C)[C@@H]1CCC(=O)OC/C=C(\C)CCC[C@H](C)CCC[C@H](C)CCCC(C)C.[Mg+2]. The second-order valence-corrected chi connectivity index (χ2v) is 19.2. The van der Waals surface area contributed by atoms with Crippen molar-refractivity contribution in [2.45, 2.75) is 139 Å². The van der Waals surface area contributed by atoms with E-state index in [-0.39, 0.29) is 59.5 Å². The van der Waals surface area contributed by atoms with Crippen LogP contribution >= 0.6 is 0 Å². The van der Waals surface area contributed by atoms with Crippen LogP contribution in [0.25, 0.3) is 0 Å². The number of aliphatic imine (C=N–C) groups is 3. The quantitative estimate of drug-likeness (QED) is 0.0554. The maximum absolute atomic E-state index is 14.3. The Morgan fingerprint density at radius 1 is 0.894 bits per heavy atom. The van der Waals surface area contributed by atoms with Gasteiger partial charge < -0.3 is 25.0 Å². The normalized spacial score (nSPS) is 21.7. The van der Waals surface area contributed by atoms with Crippen molar-refractivity contribution in [3.8, 4) is 0 Å². The van der Waals surface area contributed by atoms with Crippen LogP contribution in [0.2, 0.25) is 0 Å². The van der Waals surface area contributed by atoms with E-state index in [4.69, 9.17) is 24.5 Å². The van der Waals surface area contributed by atoms with Gasteiger partial charge in [0.15, 0.2) is 0 Å². The molecule has 4 atom stereocenters. The fraction of sp³-hybridized carbons (Fsp3) is 0.509. The summed E-state index contributed by atoms with van der Waals surface area (Å²) >= 11 is 0. The molecule has 0 unspecified atom stereocenters. The largest absolute Gasteiger partial charge is 2.00 e. The molecule has 6 rings (SSSR count). The first-order chi connectivity index (χ1) is 31.1. The number of nitrogens with zero attached hydrogens (tertiary/aromatic N) is 3. The summed E-state index contributed by atoms with van der Waals surface area (Å²) in [6.07, 6.45) is 22.4. The summed E-state index contributed by atoms with van der Waals surface area (Å²) in [5.41, 5.74) is 10.0. The number of hydrogen-bond acceptors (Lipinski definition) is 10. The molecule has 0 saturated carbocycles. The third-order valence-electron chi connectivity index (χ3n) is 14.0. The molecular weight excluding hydrogens is 837 g/mol. The van der Waals surface area contributed by atoms with Crippen LogP contribution in [0.4, 0.5) is 0 Å². The van der Waals surface area contributed by atoms with E-state index in [9.17, 15) is 19.8 Å². The number of nitrogens with one attached hydrogen (secondary N) is 1. The first-order valence-electron chi connectivity index (χ1n) is 24.0. The maximum Gasteiger partial charge on any atom is 2.00 e. The van der Waals surface area contributed by atoms with Gasteiger partial charge in [0.1, 0.15) is 6.61 Å². The molecule has 0 radical (unpaired) electrons. The summed E-state index contributed by atoms with van der Waals surface area (Å²) in [5.74, 6) is 0.244. The molecule has 6 aliphatic rings. The fourth-order valence-corrected chi connectivity index (χ4v) is 9.95. The van der Waals surface area contributed by atoms with Crippen molar-refractivity contribution in [1.82, 2.24) is 5.32 Å². The van der Waals surface area contributed by atoms with Crippen LogP contribution in [-0.4, -0.2) is 65.8 Å². The van der Waals surface area contributed by atoms with Gasteiger partial charge in [0.05, 0.1) is 46.9 Å². The van der Waals surface area contributed by atoms with Crippen molar-refractivity contribution >= 4 is 52.1 Å². The van der Waals surface area contributed by atoms with Crippen LogP contribution in [0, 0.1) is 29.6 Å². The van der Waals surface area contributed by atoms with Crippen molar-refractivity contribution < 1.29 is 29.3 Å². The molecule has 1 N–H and O–H groups in total. The van der Waals surface area contributed by atoms with Gasteiger partial charge in [-0.1, -0.05) is 110 Å². The molecule has 0 spiro atoms. The molecule has 0 aromatic carbocycles. The van der Waals surface area contributed by atoms with E-state index in [2.05, 4.69) is 53.4 Å². The zero-order valence-corrected chi connectivity index (χ0v) is 42.7. The summed E-state index contributed by atoms with van der Waals surface area (Å²) in [6, 6.07) is 0. The molecule has 0 aromatic rings. The van der Waals surface area contributed by atoms with Gasteiger partial charge in [-0.2, -0.15) is 0 Å². The molecule has 66 heavy (non-hydrogen) atoms. The molecule has 1 aliphatic carbocycles. The number of carbonyl (C=O) groups is 2. The van der Waals surface area contributed by atoms with Crippen molar-refractivity contribution in [2.75, 3.05) is 13.7 Å². The molecule has 11 heteroatoms. The van der Waals surface area contributed by atoms with Crippen molar-refractivity contribution in [1.29, 1.82) is 0 Å². The molecule has 5 heterocycles. The minimum absolute atomic E-state index is 0. The van der Waals surface area contributed by atoms with Crippen LogP contribution in [0.1, 0.15) is 139 Å². The Bertz CT molecular complexity index is 2390. The van der Waals surface area contributed by atoms with Gasteiger partial charge in [0.2, 0.25) is 0 Å². The second kappa shape index (κ2) is 23.3. The van der Waals surface area contributed by atoms with Crippen molar-refractivity contribution in [3.63, 3.8) is 0 Å². The average Bonchev–Trinajstić information content (AvgIpc) is 4.02. The molecular formula is C55H70MgN4O6. The Balaban J connectivity index is 0.00000817. The number of fused-ring (bicyclic) bond motifs is 5. The van der Waals surface area contributed by atoms with E-state index in [0.29, 0.717) is 81.0 Å². The predicted octanol–water partition coefficient (Wildman–Crippen LogP) is 9.98. The van der Waals surface area contributed by atoms with Crippen LogP contribution in [0.5, 0.6) is 0 Å². The van der Waals surface area contributed by atoms with Crippen LogP contribution in [0.15, 0.2) is 143 Å². The third kappa shape index (κ3) is 11.5. The first-order valence-corrected chi connectivity index (χ1v) is 24.0. The topological polar surface area (TPSA) is 148 Å². The zero-order chi connectivity index (χ0) is 47.1. The van der Waals surface area contributed by atoms with Crippen molar-refractivity contribution in [2.24, 2.45) is 44.6 Å².